The second-order valence-electron chi connectivity index (χ2n) is 7.57. The molecule has 0 atom stereocenters. The molecule has 0 N–H and O–H groups in total. The van der Waals surface area contributed by atoms with Crippen molar-refractivity contribution < 1.29 is 4.74 Å². The second-order valence-corrected chi connectivity index (χ2v) is 8.58. The quantitative estimate of drug-likeness (QED) is 0.353. The van der Waals surface area contributed by atoms with Crippen LogP contribution in [0.3, 0.4) is 0 Å². The van der Waals surface area contributed by atoms with Crippen molar-refractivity contribution in [2.24, 2.45) is 0 Å². The van der Waals surface area contributed by atoms with E-state index in [0.717, 1.165) is 36.3 Å². The van der Waals surface area contributed by atoms with Crippen molar-refractivity contribution in [3.8, 4) is 17.1 Å². The van der Waals surface area contributed by atoms with Crippen molar-refractivity contribution in [3.05, 3.63) is 74.5 Å². The molecule has 0 spiro atoms. The Labute approximate surface area is 186 Å². The van der Waals surface area contributed by atoms with Crippen LogP contribution in [0.1, 0.15) is 50.7 Å². The van der Waals surface area contributed by atoms with Crippen LogP contribution in [0.5, 0.6) is 5.75 Å². The van der Waals surface area contributed by atoms with Crippen LogP contribution in [-0.2, 0) is 6.42 Å². The first kappa shape index (κ1) is 21.2. The molecule has 2 heterocycles. The lowest BCUT2D eigenvalue weighted by atomic mass is 10.1. The van der Waals surface area contributed by atoms with Gasteiger partial charge in [0.1, 0.15) is 5.75 Å². The second kappa shape index (κ2) is 9.88. The lowest BCUT2D eigenvalue weighted by molar-refractivity contribution is 0.305. The molecular formula is C25H27N3O2S. The minimum atomic E-state index is -0.134. The molecule has 0 saturated carbocycles. The maximum absolute atomic E-state index is 12.8. The fraction of sp³-hybridized carbons (Fsp3) is 0.320. The van der Waals surface area contributed by atoms with E-state index in [2.05, 4.69) is 36.1 Å². The summed E-state index contributed by atoms with van der Waals surface area (Å²) in [6.07, 6.45) is 7.64. The molecule has 2 aromatic heterocycles. The first-order valence-electron chi connectivity index (χ1n) is 10.9. The first-order valence-corrected chi connectivity index (χ1v) is 11.7. The third-order valence-electron chi connectivity index (χ3n) is 5.25. The number of benzene rings is 2. The molecule has 0 aliphatic heterocycles. The van der Waals surface area contributed by atoms with Gasteiger partial charge in [0.2, 0.25) is 4.96 Å². The Balaban J connectivity index is 1.50. The maximum atomic E-state index is 12.8. The molecule has 5 nitrogen and oxygen atoms in total. The van der Waals surface area contributed by atoms with E-state index in [0.29, 0.717) is 15.3 Å². The molecule has 0 amide bonds. The summed E-state index contributed by atoms with van der Waals surface area (Å²) in [5.74, 6) is 1.40. The predicted molar refractivity (Wildman–Crippen MR) is 127 cm³/mol. The Morgan fingerprint density at radius 1 is 1.00 bits per heavy atom. The van der Waals surface area contributed by atoms with E-state index in [1.807, 2.05) is 42.5 Å². The number of aryl methyl sites for hydroxylation is 1. The highest BCUT2D eigenvalue weighted by molar-refractivity contribution is 7.15. The smallest absolute Gasteiger partial charge is 0.291 e. The molecule has 0 bridgehead atoms. The van der Waals surface area contributed by atoms with E-state index in [1.165, 1.54) is 40.7 Å². The Bertz CT molecular complexity index is 1240. The van der Waals surface area contributed by atoms with Crippen molar-refractivity contribution >= 4 is 22.4 Å². The van der Waals surface area contributed by atoms with Gasteiger partial charge in [-0.25, -0.2) is 0 Å². The highest BCUT2D eigenvalue weighted by atomic mass is 32.1. The van der Waals surface area contributed by atoms with Crippen molar-refractivity contribution in [1.29, 1.82) is 0 Å². The monoisotopic (exact) mass is 433 g/mol. The SMILES string of the molecule is CCCCCCOc1ccc(-c2nc3s/c(=C/c4ccc(CC)cc4)c(=O)n3n2)cc1. The highest BCUT2D eigenvalue weighted by Crippen LogP contribution is 2.21. The van der Waals surface area contributed by atoms with Crippen molar-refractivity contribution in [3.63, 3.8) is 0 Å². The zero-order valence-corrected chi connectivity index (χ0v) is 18.8. The van der Waals surface area contributed by atoms with Crippen LogP contribution in [-0.4, -0.2) is 21.2 Å². The van der Waals surface area contributed by atoms with Crippen molar-refractivity contribution in [2.75, 3.05) is 6.61 Å². The van der Waals surface area contributed by atoms with Gasteiger partial charge in [0.25, 0.3) is 5.56 Å². The maximum Gasteiger partial charge on any atom is 0.291 e. The van der Waals surface area contributed by atoms with Crippen LogP contribution in [0.15, 0.2) is 53.3 Å². The van der Waals surface area contributed by atoms with E-state index in [-0.39, 0.29) is 5.56 Å². The van der Waals surface area contributed by atoms with E-state index in [9.17, 15) is 4.79 Å². The molecule has 0 fully saturated rings. The summed E-state index contributed by atoms with van der Waals surface area (Å²) in [7, 11) is 0. The summed E-state index contributed by atoms with van der Waals surface area (Å²) >= 11 is 1.36. The number of aromatic nitrogens is 3. The number of hydrogen-bond donors (Lipinski definition) is 0. The molecule has 0 aliphatic carbocycles. The van der Waals surface area contributed by atoms with Gasteiger partial charge in [0.05, 0.1) is 11.1 Å². The lowest BCUT2D eigenvalue weighted by Crippen LogP contribution is -2.23. The normalized spacial score (nSPS) is 12.0. The third kappa shape index (κ3) is 5.02. The lowest BCUT2D eigenvalue weighted by Gasteiger charge is -2.06. The van der Waals surface area contributed by atoms with Gasteiger partial charge in [0.15, 0.2) is 5.82 Å². The van der Waals surface area contributed by atoms with Crippen LogP contribution in [0.25, 0.3) is 22.4 Å². The molecule has 4 aromatic rings. The highest BCUT2D eigenvalue weighted by Gasteiger charge is 2.12. The van der Waals surface area contributed by atoms with Gasteiger partial charge in [-0.2, -0.15) is 9.50 Å². The minimum Gasteiger partial charge on any atom is -0.494 e. The van der Waals surface area contributed by atoms with Crippen LogP contribution in [0.4, 0.5) is 0 Å². The number of ether oxygens (including phenoxy) is 1. The van der Waals surface area contributed by atoms with Gasteiger partial charge in [-0.3, -0.25) is 4.79 Å². The molecule has 160 valence electrons. The molecule has 4 rings (SSSR count). The van der Waals surface area contributed by atoms with Crippen molar-refractivity contribution in [1.82, 2.24) is 14.6 Å². The van der Waals surface area contributed by atoms with Gasteiger partial charge in [0, 0.05) is 5.56 Å². The summed E-state index contributed by atoms with van der Waals surface area (Å²) in [5.41, 5.74) is 3.02. The zero-order chi connectivity index (χ0) is 21.6. The number of unbranched alkanes of at least 4 members (excludes halogenated alkanes) is 3. The van der Waals surface area contributed by atoms with E-state index < -0.39 is 0 Å². The van der Waals surface area contributed by atoms with Crippen LogP contribution in [0, 0.1) is 0 Å². The fourth-order valence-electron chi connectivity index (χ4n) is 3.38. The molecule has 6 heteroatoms. The summed E-state index contributed by atoms with van der Waals surface area (Å²) in [6.45, 7) is 5.06. The Kier molecular flexibility index (Phi) is 6.77. The zero-order valence-electron chi connectivity index (χ0n) is 18.0. The van der Waals surface area contributed by atoms with Crippen LogP contribution in [0.2, 0.25) is 0 Å². The average Bonchev–Trinajstić information content (AvgIpc) is 3.34. The largest absolute Gasteiger partial charge is 0.494 e. The third-order valence-corrected chi connectivity index (χ3v) is 6.21. The molecule has 0 unspecified atom stereocenters. The van der Waals surface area contributed by atoms with Gasteiger partial charge >= 0.3 is 0 Å². The Hall–Kier alpha value is -2.99. The van der Waals surface area contributed by atoms with Crippen LogP contribution >= 0.6 is 11.3 Å². The number of fused-ring (bicyclic) bond motifs is 1. The average molecular weight is 434 g/mol. The molecule has 0 aliphatic rings. The van der Waals surface area contributed by atoms with Gasteiger partial charge in [-0.05, 0) is 54.3 Å². The molecule has 0 radical (unpaired) electrons. The van der Waals surface area contributed by atoms with Crippen LogP contribution < -0.4 is 14.8 Å². The molecular weight excluding hydrogens is 406 g/mol. The number of rotatable bonds is 9. The number of nitrogens with zero attached hydrogens (tertiary/aromatic N) is 3. The summed E-state index contributed by atoms with van der Waals surface area (Å²) < 4.78 is 7.83. The molecule has 2 aromatic carbocycles. The summed E-state index contributed by atoms with van der Waals surface area (Å²) in [6, 6.07) is 16.0. The molecule has 0 saturated heterocycles. The Morgan fingerprint density at radius 2 is 1.77 bits per heavy atom. The minimum absolute atomic E-state index is 0.134. The number of hydrogen-bond acceptors (Lipinski definition) is 5. The summed E-state index contributed by atoms with van der Waals surface area (Å²) in [5, 5.41) is 4.44. The van der Waals surface area contributed by atoms with E-state index >= 15 is 0 Å². The molecule has 31 heavy (non-hydrogen) atoms. The van der Waals surface area contributed by atoms with E-state index in [4.69, 9.17) is 4.74 Å². The Morgan fingerprint density at radius 3 is 2.45 bits per heavy atom. The standard InChI is InChI=1S/C25H27N3O2S/c1-3-5-6-7-16-30-21-14-12-20(13-15-21)23-26-25-28(27-23)24(29)22(31-25)17-19-10-8-18(4-2)9-11-19/h8-15,17H,3-7,16H2,1-2H3/b22-17+. The van der Waals surface area contributed by atoms with E-state index in [1.54, 1.807) is 0 Å². The number of thiazole rings is 1. The predicted octanol–water partition coefficient (Wildman–Crippen LogP) is 4.89. The van der Waals surface area contributed by atoms with Gasteiger partial charge in [-0.1, -0.05) is 68.7 Å². The van der Waals surface area contributed by atoms with Crippen molar-refractivity contribution in [2.45, 2.75) is 46.0 Å². The fourth-order valence-corrected chi connectivity index (χ4v) is 4.28. The topological polar surface area (TPSA) is 56.5 Å². The first-order chi connectivity index (χ1) is 15.2. The van der Waals surface area contributed by atoms with Gasteiger partial charge < -0.3 is 4.74 Å². The summed E-state index contributed by atoms with van der Waals surface area (Å²) in [4.78, 5) is 17.9. The van der Waals surface area contributed by atoms with Gasteiger partial charge in [-0.15, -0.1) is 5.10 Å².